The lowest BCUT2D eigenvalue weighted by molar-refractivity contribution is 0.0937. The van der Waals surface area contributed by atoms with Crippen LogP contribution < -0.4 is 10.0 Å². The highest BCUT2D eigenvalue weighted by Gasteiger charge is 2.21. The number of carbonyl (C=O) groups is 1. The van der Waals surface area contributed by atoms with E-state index in [-0.39, 0.29) is 17.3 Å². The van der Waals surface area contributed by atoms with Crippen molar-refractivity contribution in [2.75, 3.05) is 6.54 Å². The van der Waals surface area contributed by atoms with E-state index in [4.69, 9.17) is 0 Å². The monoisotopic (exact) mass is 458 g/mol. The lowest BCUT2D eigenvalue weighted by Crippen LogP contribution is -2.37. The second-order valence-corrected chi connectivity index (χ2v) is 10.7. The molecule has 0 aliphatic carbocycles. The Morgan fingerprint density at radius 2 is 1.77 bits per heavy atom. The first-order valence-electron chi connectivity index (χ1n) is 9.85. The number of benzene rings is 2. The van der Waals surface area contributed by atoms with E-state index in [1.807, 2.05) is 42.5 Å². The van der Waals surface area contributed by atoms with Crippen LogP contribution in [0.15, 0.2) is 76.8 Å². The molecule has 3 aromatic rings. The van der Waals surface area contributed by atoms with Gasteiger partial charge < -0.3 is 5.32 Å². The van der Waals surface area contributed by atoms with Crippen LogP contribution >= 0.6 is 11.8 Å². The Labute approximate surface area is 187 Å². The molecule has 0 aliphatic heterocycles. The minimum atomic E-state index is -3.75. The predicted octanol–water partition coefficient (Wildman–Crippen LogP) is 3.37. The fourth-order valence-electron chi connectivity index (χ4n) is 2.95. The predicted molar refractivity (Wildman–Crippen MR) is 122 cm³/mol. The van der Waals surface area contributed by atoms with Crippen molar-refractivity contribution in [3.05, 3.63) is 78.1 Å². The summed E-state index contributed by atoms with van der Waals surface area (Å²) in [5.74, 6) is -0.268. The van der Waals surface area contributed by atoms with E-state index in [0.29, 0.717) is 10.8 Å². The summed E-state index contributed by atoms with van der Waals surface area (Å²) in [5, 5.41) is 7.31. The molecule has 31 heavy (non-hydrogen) atoms. The molecule has 1 unspecified atom stereocenters. The summed E-state index contributed by atoms with van der Waals surface area (Å²) in [5.41, 5.74) is 1.32. The third-order valence-corrected chi connectivity index (χ3v) is 6.86. The molecule has 0 saturated heterocycles. The van der Waals surface area contributed by atoms with Crippen LogP contribution in [-0.2, 0) is 17.1 Å². The largest absolute Gasteiger partial charge is 0.344 e. The van der Waals surface area contributed by atoms with E-state index in [1.165, 1.54) is 17.1 Å². The molecule has 0 aliphatic rings. The summed E-state index contributed by atoms with van der Waals surface area (Å²) in [6.07, 6.45) is 2.71. The third kappa shape index (κ3) is 6.43. The number of hydrogen-bond donors (Lipinski definition) is 2. The number of carbonyl (C=O) groups excluding carboxylic acids is 1. The Morgan fingerprint density at radius 1 is 1.10 bits per heavy atom. The molecule has 0 radical (unpaired) electrons. The molecule has 9 heteroatoms. The van der Waals surface area contributed by atoms with Gasteiger partial charge in [0.05, 0.1) is 12.2 Å². The first kappa shape index (κ1) is 23.1. The number of rotatable bonds is 9. The van der Waals surface area contributed by atoms with Gasteiger partial charge in [-0.05, 0) is 29.8 Å². The maximum Gasteiger partial charge on any atom is 0.251 e. The van der Waals surface area contributed by atoms with Crippen LogP contribution in [-0.4, -0.2) is 35.9 Å². The number of nitrogens with zero attached hydrogens (tertiary/aromatic N) is 2. The molecule has 1 atom stereocenters. The standard InChI is InChI=1S/C22H26N4O3S2/c1-16(2)30-19-11-9-18(10-12-19)22(27)25-21(17-7-5-4-6-8-17)14-24-31(28,29)20-13-23-26(3)15-20/h4-13,15-16,21,24H,14H2,1-3H3,(H,25,27). The second kappa shape index (κ2) is 10.1. The van der Waals surface area contributed by atoms with Crippen molar-refractivity contribution >= 4 is 27.7 Å². The van der Waals surface area contributed by atoms with Crippen LogP contribution in [0.4, 0.5) is 0 Å². The molecular weight excluding hydrogens is 432 g/mol. The average Bonchev–Trinajstić information content (AvgIpc) is 3.19. The fourth-order valence-corrected chi connectivity index (χ4v) is 4.82. The van der Waals surface area contributed by atoms with E-state index in [9.17, 15) is 13.2 Å². The van der Waals surface area contributed by atoms with Gasteiger partial charge in [0.1, 0.15) is 4.90 Å². The summed E-state index contributed by atoms with van der Waals surface area (Å²) in [4.78, 5) is 14.0. The van der Waals surface area contributed by atoms with Crippen molar-refractivity contribution in [3.8, 4) is 0 Å². The lowest BCUT2D eigenvalue weighted by atomic mass is 10.1. The highest BCUT2D eigenvalue weighted by atomic mass is 32.2. The molecule has 1 heterocycles. The number of aryl methyl sites for hydroxylation is 1. The van der Waals surface area contributed by atoms with Crippen molar-refractivity contribution in [3.63, 3.8) is 0 Å². The molecule has 0 fully saturated rings. The maximum absolute atomic E-state index is 12.9. The van der Waals surface area contributed by atoms with Gasteiger partial charge in [-0.25, -0.2) is 13.1 Å². The smallest absolute Gasteiger partial charge is 0.251 e. The molecule has 1 amide bonds. The summed E-state index contributed by atoms with van der Waals surface area (Å²) in [7, 11) is -2.10. The number of amides is 1. The summed E-state index contributed by atoms with van der Waals surface area (Å²) in [6, 6.07) is 16.1. The Hall–Kier alpha value is -2.62. The van der Waals surface area contributed by atoms with Crippen LogP contribution in [0.25, 0.3) is 0 Å². The minimum absolute atomic E-state index is 0.00820. The SMILES string of the molecule is CC(C)Sc1ccc(C(=O)NC(CNS(=O)(=O)c2cnn(C)c2)c2ccccc2)cc1. The molecule has 164 valence electrons. The zero-order valence-corrected chi connectivity index (χ0v) is 19.3. The molecule has 0 spiro atoms. The topological polar surface area (TPSA) is 93.1 Å². The van der Waals surface area contributed by atoms with Gasteiger partial charge in [-0.1, -0.05) is 44.2 Å². The van der Waals surface area contributed by atoms with Gasteiger partial charge in [-0.2, -0.15) is 5.10 Å². The number of thioether (sulfide) groups is 1. The number of nitrogens with one attached hydrogen (secondary N) is 2. The maximum atomic E-state index is 12.9. The Balaban J connectivity index is 1.74. The number of sulfonamides is 1. The summed E-state index contributed by atoms with van der Waals surface area (Å²) in [6.45, 7) is 4.23. The van der Waals surface area contributed by atoms with Crippen molar-refractivity contribution in [1.29, 1.82) is 0 Å². The zero-order chi connectivity index (χ0) is 22.4. The molecule has 0 saturated carbocycles. The summed E-state index contributed by atoms with van der Waals surface area (Å²) < 4.78 is 29.2. The van der Waals surface area contributed by atoms with Gasteiger partial charge in [-0.3, -0.25) is 9.48 Å². The normalized spacial score (nSPS) is 12.6. The van der Waals surface area contributed by atoms with E-state index in [1.54, 1.807) is 30.9 Å². The van der Waals surface area contributed by atoms with E-state index in [0.717, 1.165) is 10.5 Å². The van der Waals surface area contributed by atoms with E-state index in [2.05, 4.69) is 29.0 Å². The molecule has 0 bridgehead atoms. The van der Waals surface area contributed by atoms with E-state index < -0.39 is 16.1 Å². The number of aromatic nitrogens is 2. The van der Waals surface area contributed by atoms with Gasteiger partial charge in [-0.15, -0.1) is 11.8 Å². The van der Waals surface area contributed by atoms with Crippen LogP contribution in [0.5, 0.6) is 0 Å². The Morgan fingerprint density at radius 3 is 2.35 bits per heavy atom. The Kier molecular flexibility index (Phi) is 7.53. The van der Waals surface area contributed by atoms with Crippen LogP contribution in [0.3, 0.4) is 0 Å². The molecule has 1 aromatic heterocycles. The highest BCUT2D eigenvalue weighted by molar-refractivity contribution is 7.99. The molecule has 2 N–H and O–H groups in total. The van der Waals surface area contributed by atoms with E-state index >= 15 is 0 Å². The number of hydrogen-bond acceptors (Lipinski definition) is 5. The lowest BCUT2D eigenvalue weighted by Gasteiger charge is -2.20. The Bertz CT molecular complexity index is 1110. The first-order valence-corrected chi connectivity index (χ1v) is 12.2. The summed E-state index contributed by atoms with van der Waals surface area (Å²) >= 11 is 1.72. The molecule has 7 nitrogen and oxygen atoms in total. The van der Waals surface area contributed by atoms with Crippen molar-refractivity contribution in [2.45, 2.75) is 34.9 Å². The zero-order valence-electron chi connectivity index (χ0n) is 17.6. The van der Waals surface area contributed by atoms with Crippen LogP contribution in [0, 0.1) is 0 Å². The van der Waals surface area contributed by atoms with Crippen molar-refractivity contribution in [1.82, 2.24) is 19.8 Å². The van der Waals surface area contributed by atoms with Gasteiger partial charge in [0, 0.05) is 35.5 Å². The third-order valence-electron chi connectivity index (χ3n) is 4.46. The second-order valence-electron chi connectivity index (χ2n) is 7.33. The molecule has 3 rings (SSSR count). The van der Waals surface area contributed by atoms with Crippen LogP contribution in [0.1, 0.15) is 35.8 Å². The average molecular weight is 459 g/mol. The van der Waals surface area contributed by atoms with Gasteiger partial charge in [0.2, 0.25) is 10.0 Å². The molecular formula is C22H26N4O3S2. The fraction of sp³-hybridized carbons (Fsp3) is 0.273. The van der Waals surface area contributed by atoms with Crippen molar-refractivity contribution < 1.29 is 13.2 Å². The first-order chi connectivity index (χ1) is 14.7. The van der Waals surface area contributed by atoms with Crippen molar-refractivity contribution in [2.24, 2.45) is 7.05 Å². The van der Waals surface area contributed by atoms with Gasteiger partial charge >= 0.3 is 0 Å². The van der Waals surface area contributed by atoms with Gasteiger partial charge in [0.25, 0.3) is 5.91 Å². The molecule has 2 aromatic carbocycles. The highest BCUT2D eigenvalue weighted by Crippen LogP contribution is 2.23. The van der Waals surface area contributed by atoms with Crippen LogP contribution in [0.2, 0.25) is 0 Å². The minimum Gasteiger partial charge on any atom is -0.344 e. The van der Waals surface area contributed by atoms with Gasteiger partial charge in [0.15, 0.2) is 0 Å². The quantitative estimate of drug-likeness (QED) is 0.480.